The first-order valence-electron chi connectivity index (χ1n) is 11.8. The Kier molecular flexibility index (Phi) is 7.53. The molecule has 0 saturated carbocycles. The fraction of sp³-hybridized carbons (Fsp3) is 0.308. The molecule has 4 rings (SSSR count). The summed E-state index contributed by atoms with van der Waals surface area (Å²) < 4.78 is 0. The highest BCUT2D eigenvalue weighted by atomic mass is 16.3. The Balaban J connectivity index is 1.18. The lowest BCUT2D eigenvalue weighted by molar-refractivity contribution is -0.119. The van der Waals surface area contributed by atoms with Crippen LogP contribution in [0.2, 0.25) is 0 Å². The van der Waals surface area contributed by atoms with Crippen molar-refractivity contribution in [1.29, 1.82) is 0 Å². The van der Waals surface area contributed by atoms with Gasteiger partial charge in [-0.25, -0.2) is 0 Å². The van der Waals surface area contributed by atoms with Crippen LogP contribution in [-0.4, -0.2) is 32.0 Å². The van der Waals surface area contributed by atoms with Crippen molar-refractivity contribution < 1.29 is 19.8 Å². The van der Waals surface area contributed by atoms with E-state index in [0.717, 1.165) is 35.0 Å². The molecular weight excluding hydrogens is 460 g/mol. The number of nitrogens with zero attached hydrogens (tertiary/aromatic N) is 4. The van der Waals surface area contributed by atoms with E-state index < -0.39 is 0 Å². The first kappa shape index (κ1) is 24.8. The summed E-state index contributed by atoms with van der Waals surface area (Å²) in [6.07, 6.45) is 3.22. The molecule has 2 aromatic heterocycles. The zero-order valence-electron chi connectivity index (χ0n) is 20.2. The summed E-state index contributed by atoms with van der Waals surface area (Å²) >= 11 is 0. The summed E-state index contributed by atoms with van der Waals surface area (Å²) in [4.78, 5) is 29.8. The standard InChI is InChI=1S/C26H28N6O4/c1-15-9-11-19-17(13-15)23(25(35)27-19)31-29-21(33)7-5-3-4-6-8-22(34)30-32-24-18-14-16(2)10-12-20(18)28-26(24)36/h9-14,27-28,35-36H,3-8H2,1-2H3. The van der Waals surface area contributed by atoms with Gasteiger partial charge in [-0.05, 0) is 51.0 Å². The van der Waals surface area contributed by atoms with Crippen LogP contribution in [0.25, 0.3) is 21.8 Å². The van der Waals surface area contributed by atoms with Crippen molar-refractivity contribution in [3.8, 4) is 11.8 Å². The molecule has 2 aromatic carbocycles. The number of H-pyrrole nitrogens is 2. The topological polar surface area (TPSA) is 156 Å². The van der Waals surface area contributed by atoms with Crippen molar-refractivity contribution in [3.05, 3.63) is 47.5 Å². The number of hydrogen-bond acceptors (Lipinski definition) is 6. The molecule has 2 amide bonds. The Bertz CT molecular complexity index is 1370. The number of aryl methyl sites for hydroxylation is 2. The van der Waals surface area contributed by atoms with Gasteiger partial charge in [0.1, 0.15) is 0 Å². The van der Waals surface area contributed by atoms with Crippen LogP contribution in [0.4, 0.5) is 11.4 Å². The number of hydrogen-bond donors (Lipinski definition) is 4. The molecule has 0 bridgehead atoms. The third-order valence-corrected chi connectivity index (χ3v) is 5.87. The van der Waals surface area contributed by atoms with Crippen LogP contribution in [0.5, 0.6) is 11.8 Å². The average molecular weight is 489 g/mol. The molecule has 10 heteroatoms. The summed E-state index contributed by atoms with van der Waals surface area (Å²) in [5.41, 5.74) is 3.98. The number of aromatic hydroxyl groups is 2. The summed E-state index contributed by atoms with van der Waals surface area (Å²) in [6, 6.07) is 11.2. The van der Waals surface area contributed by atoms with Crippen molar-refractivity contribution in [1.82, 2.24) is 9.97 Å². The normalized spacial score (nSPS) is 11.9. The van der Waals surface area contributed by atoms with E-state index in [1.54, 1.807) is 0 Å². The van der Waals surface area contributed by atoms with Crippen molar-refractivity contribution in [2.45, 2.75) is 52.4 Å². The van der Waals surface area contributed by atoms with Crippen LogP contribution >= 0.6 is 0 Å². The quantitative estimate of drug-likeness (QED) is 0.149. The maximum absolute atomic E-state index is 12.1. The number of carbonyl (C=O) groups is 2. The molecule has 0 aliphatic rings. The van der Waals surface area contributed by atoms with Gasteiger partial charge in [0.05, 0.1) is 11.0 Å². The van der Waals surface area contributed by atoms with E-state index in [1.165, 1.54) is 0 Å². The van der Waals surface area contributed by atoms with Gasteiger partial charge in [0.15, 0.2) is 11.4 Å². The summed E-state index contributed by atoms with van der Waals surface area (Å²) in [5.74, 6) is -0.974. The molecule has 2 heterocycles. The Labute approximate surface area is 207 Å². The second-order valence-electron chi connectivity index (χ2n) is 8.84. The number of aromatic nitrogens is 2. The van der Waals surface area contributed by atoms with Crippen LogP contribution in [0.1, 0.15) is 49.7 Å². The molecule has 36 heavy (non-hydrogen) atoms. The van der Waals surface area contributed by atoms with Crippen LogP contribution in [0.3, 0.4) is 0 Å². The number of nitrogens with one attached hydrogen (secondary N) is 2. The van der Waals surface area contributed by atoms with E-state index in [4.69, 9.17) is 0 Å². The lowest BCUT2D eigenvalue weighted by Crippen LogP contribution is -1.94. The molecule has 10 nitrogen and oxygen atoms in total. The van der Waals surface area contributed by atoms with Crippen LogP contribution in [0, 0.1) is 13.8 Å². The number of aromatic amines is 2. The molecule has 0 aliphatic carbocycles. The number of fused-ring (bicyclic) bond motifs is 2. The van der Waals surface area contributed by atoms with Gasteiger partial charge in [-0.1, -0.05) is 36.1 Å². The molecule has 4 aromatic rings. The number of azo groups is 2. The maximum atomic E-state index is 12.1. The van der Waals surface area contributed by atoms with Crippen LogP contribution in [0.15, 0.2) is 56.9 Å². The van der Waals surface area contributed by atoms with Gasteiger partial charge in [0, 0.05) is 23.6 Å². The number of unbranched alkanes of at least 4 members (excludes halogenated alkanes) is 3. The summed E-state index contributed by atoms with van der Waals surface area (Å²) in [5, 5.41) is 36.9. The Morgan fingerprint density at radius 3 is 1.53 bits per heavy atom. The predicted molar refractivity (Wildman–Crippen MR) is 136 cm³/mol. The lowest BCUT2D eigenvalue weighted by atomic mass is 10.1. The lowest BCUT2D eigenvalue weighted by Gasteiger charge is -1.98. The highest BCUT2D eigenvalue weighted by molar-refractivity contribution is 5.95. The van der Waals surface area contributed by atoms with Gasteiger partial charge in [0.25, 0.3) is 11.8 Å². The fourth-order valence-corrected chi connectivity index (χ4v) is 3.97. The number of amides is 2. The SMILES string of the molecule is Cc1ccc2[nH]c(O)c(N=NC(=O)CCCCCCC(=O)N=Nc3c(O)[nH]c4ccc(C)cc34)c2c1. The first-order chi connectivity index (χ1) is 17.3. The van der Waals surface area contributed by atoms with Crippen molar-refractivity contribution in [2.24, 2.45) is 20.5 Å². The Morgan fingerprint density at radius 2 is 1.11 bits per heavy atom. The second-order valence-corrected chi connectivity index (χ2v) is 8.84. The smallest absolute Gasteiger partial charge is 0.264 e. The summed E-state index contributed by atoms with van der Waals surface area (Å²) in [7, 11) is 0. The number of carbonyl (C=O) groups excluding carboxylic acids is 2. The summed E-state index contributed by atoms with van der Waals surface area (Å²) in [6.45, 7) is 3.86. The van der Waals surface area contributed by atoms with Gasteiger partial charge >= 0.3 is 0 Å². The maximum Gasteiger partial charge on any atom is 0.264 e. The molecule has 186 valence electrons. The van der Waals surface area contributed by atoms with Crippen molar-refractivity contribution in [2.75, 3.05) is 0 Å². The minimum Gasteiger partial charge on any atom is -0.493 e. The average Bonchev–Trinajstić information content (AvgIpc) is 3.32. The molecule has 0 saturated heterocycles. The van der Waals surface area contributed by atoms with E-state index in [0.29, 0.717) is 23.6 Å². The van der Waals surface area contributed by atoms with E-state index in [1.807, 2.05) is 50.2 Å². The monoisotopic (exact) mass is 488 g/mol. The molecule has 0 radical (unpaired) electrons. The third-order valence-electron chi connectivity index (χ3n) is 5.87. The van der Waals surface area contributed by atoms with Crippen molar-refractivity contribution in [3.63, 3.8) is 0 Å². The zero-order chi connectivity index (χ0) is 25.7. The molecule has 0 fully saturated rings. The van der Waals surface area contributed by atoms with Gasteiger partial charge in [0.2, 0.25) is 11.8 Å². The molecule has 0 atom stereocenters. The van der Waals surface area contributed by atoms with Crippen LogP contribution < -0.4 is 0 Å². The van der Waals surface area contributed by atoms with Crippen molar-refractivity contribution >= 4 is 45.0 Å². The Morgan fingerprint density at radius 1 is 0.694 bits per heavy atom. The zero-order valence-corrected chi connectivity index (χ0v) is 20.2. The largest absolute Gasteiger partial charge is 0.493 e. The first-order valence-corrected chi connectivity index (χ1v) is 11.8. The molecule has 0 unspecified atom stereocenters. The van der Waals surface area contributed by atoms with E-state index in [9.17, 15) is 19.8 Å². The molecule has 4 N–H and O–H groups in total. The second kappa shape index (κ2) is 10.9. The van der Waals surface area contributed by atoms with Gasteiger partial charge in [-0.3, -0.25) is 9.59 Å². The van der Waals surface area contributed by atoms with Gasteiger partial charge < -0.3 is 20.2 Å². The van der Waals surface area contributed by atoms with E-state index in [-0.39, 0.29) is 47.8 Å². The number of benzene rings is 2. The van der Waals surface area contributed by atoms with Gasteiger partial charge in [-0.15, -0.1) is 20.5 Å². The van der Waals surface area contributed by atoms with Gasteiger partial charge in [-0.2, -0.15) is 0 Å². The number of rotatable bonds is 9. The Hall–Kier alpha value is -4.34. The highest BCUT2D eigenvalue weighted by Crippen LogP contribution is 2.37. The molecule has 0 spiro atoms. The molecular formula is C26H28N6O4. The minimum absolute atomic E-state index is 0.121. The predicted octanol–water partition coefficient (Wildman–Crippen LogP) is 6.94. The van der Waals surface area contributed by atoms with E-state index >= 15 is 0 Å². The molecule has 0 aliphatic heterocycles. The van der Waals surface area contributed by atoms with Crippen LogP contribution in [-0.2, 0) is 9.59 Å². The fourth-order valence-electron chi connectivity index (χ4n) is 3.97. The minimum atomic E-state index is -0.366. The highest BCUT2D eigenvalue weighted by Gasteiger charge is 2.12. The third kappa shape index (κ3) is 5.83. The van der Waals surface area contributed by atoms with E-state index in [2.05, 4.69) is 30.4 Å².